The van der Waals surface area contributed by atoms with Crippen LogP contribution in [0, 0.1) is 5.92 Å². The third kappa shape index (κ3) is 4.04. The number of hydrogen-bond donors (Lipinski definition) is 0. The average molecular weight is 280 g/mol. The van der Waals surface area contributed by atoms with Crippen molar-refractivity contribution in [2.24, 2.45) is 5.92 Å². The normalized spacial score (nSPS) is 13.0. The van der Waals surface area contributed by atoms with Crippen LogP contribution in [0.1, 0.15) is 38.8 Å². The van der Waals surface area contributed by atoms with E-state index >= 15 is 0 Å². The Kier molecular flexibility index (Phi) is 4.62. The Morgan fingerprint density at radius 1 is 0.905 bits per heavy atom. The topological polar surface area (TPSA) is 17.1 Å². The van der Waals surface area contributed by atoms with Gasteiger partial charge in [-0.25, -0.2) is 0 Å². The number of carbonyl (C=O) groups excluding carboxylic acids is 1. The van der Waals surface area contributed by atoms with Gasteiger partial charge in [0.15, 0.2) is 0 Å². The van der Waals surface area contributed by atoms with Crippen molar-refractivity contribution in [1.82, 2.24) is 0 Å². The Bertz CT molecular complexity index is 585. The Balaban J connectivity index is 2.17. The minimum atomic E-state index is 0.0851. The Hall–Kier alpha value is -1.89. The molecule has 0 amide bonds. The second-order valence-corrected chi connectivity index (χ2v) is 6.84. The smallest absolute Gasteiger partial charge is 0.123 e. The Morgan fingerprint density at radius 3 is 1.81 bits per heavy atom. The molecule has 21 heavy (non-hydrogen) atoms. The maximum absolute atomic E-state index is 10.7. The van der Waals surface area contributed by atoms with Gasteiger partial charge < -0.3 is 4.79 Å². The van der Waals surface area contributed by atoms with Gasteiger partial charge in [-0.05, 0) is 34.1 Å². The molecule has 0 N–H and O–H groups in total. The second-order valence-electron chi connectivity index (χ2n) is 6.84. The SMILES string of the molecule is CC(C=O)Cc1ccc(-c2ccc(C(C)(C)C)cc2)cc1. The first-order valence-electron chi connectivity index (χ1n) is 7.55. The summed E-state index contributed by atoms with van der Waals surface area (Å²) in [5.41, 5.74) is 5.20. The van der Waals surface area contributed by atoms with E-state index in [1.54, 1.807) is 0 Å². The van der Waals surface area contributed by atoms with Crippen molar-refractivity contribution in [3.63, 3.8) is 0 Å². The molecule has 2 aromatic rings. The van der Waals surface area contributed by atoms with Gasteiger partial charge in [-0.1, -0.05) is 76.2 Å². The lowest BCUT2D eigenvalue weighted by Gasteiger charge is -2.19. The molecule has 0 saturated carbocycles. The highest BCUT2D eigenvalue weighted by Gasteiger charge is 2.13. The van der Waals surface area contributed by atoms with Crippen molar-refractivity contribution in [2.45, 2.75) is 39.5 Å². The first-order valence-corrected chi connectivity index (χ1v) is 7.55. The van der Waals surface area contributed by atoms with Gasteiger partial charge in [-0.3, -0.25) is 0 Å². The molecule has 0 aliphatic heterocycles. The number of benzene rings is 2. The third-order valence-electron chi connectivity index (χ3n) is 3.83. The van der Waals surface area contributed by atoms with E-state index in [2.05, 4.69) is 69.3 Å². The highest BCUT2D eigenvalue weighted by atomic mass is 16.1. The van der Waals surface area contributed by atoms with Gasteiger partial charge in [0.25, 0.3) is 0 Å². The second kappa shape index (κ2) is 6.26. The minimum Gasteiger partial charge on any atom is -0.303 e. The molecule has 1 nitrogen and oxygen atoms in total. The van der Waals surface area contributed by atoms with Gasteiger partial charge in [0.1, 0.15) is 6.29 Å². The van der Waals surface area contributed by atoms with E-state index in [0.29, 0.717) is 0 Å². The number of carbonyl (C=O) groups is 1. The average Bonchev–Trinajstić information content (AvgIpc) is 2.47. The standard InChI is InChI=1S/C20H24O/c1-15(14-21)13-16-5-7-17(8-6-16)18-9-11-19(12-10-18)20(2,3)4/h5-12,14-15H,13H2,1-4H3. The fourth-order valence-corrected chi connectivity index (χ4v) is 2.42. The van der Waals surface area contributed by atoms with Crippen LogP contribution in [0.25, 0.3) is 11.1 Å². The number of hydrogen-bond acceptors (Lipinski definition) is 1. The molecule has 0 fully saturated rings. The molecule has 1 heteroatoms. The zero-order valence-corrected chi connectivity index (χ0v) is 13.4. The predicted molar refractivity (Wildman–Crippen MR) is 89.5 cm³/mol. The van der Waals surface area contributed by atoms with Crippen LogP contribution in [0.15, 0.2) is 48.5 Å². The van der Waals surface area contributed by atoms with E-state index in [1.807, 2.05) is 6.92 Å². The molecule has 1 unspecified atom stereocenters. The third-order valence-corrected chi connectivity index (χ3v) is 3.83. The first-order chi connectivity index (χ1) is 9.90. The number of aldehydes is 1. The van der Waals surface area contributed by atoms with Crippen molar-refractivity contribution < 1.29 is 4.79 Å². The molecule has 0 radical (unpaired) electrons. The lowest BCUT2D eigenvalue weighted by Crippen LogP contribution is -2.10. The maximum Gasteiger partial charge on any atom is 0.123 e. The highest BCUT2D eigenvalue weighted by molar-refractivity contribution is 5.64. The molecule has 0 aliphatic rings. The molecule has 0 spiro atoms. The van der Waals surface area contributed by atoms with Crippen molar-refractivity contribution in [2.75, 3.05) is 0 Å². The fourth-order valence-electron chi connectivity index (χ4n) is 2.42. The van der Waals surface area contributed by atoms with Crippen LogP contribution >= 0.6 is 0 Å². The summed E-state index contributed by atoms with van der Waals surface area (Å²) in [5.74, 6) is 0.0851. The van der Waals surface area contributed by atoms with Crippen molar-refractivity contribution in [3.05, 3.63) is 59.7 Å². The van der Waals surface area contributed by atoms with Gasteiger partial charge in [0, 0.05) is 5.92 Å². The molecule has 110 valence electrons. The summed E-state index contributed by atoms with van der Waals surface area (Å²) in [7, 11) is 0. The molecule has 0 heterocycles. The minimum absolute atomic E-state index is 0.0851. The summed E-state index contributed by atoms with van der Waals surface area (Å²) in [6, 6.07) is 17.3. The molecule has 0 saturated heterocycles. The van der Waals surface area contributed by atoms with Crippen LogP contribution < -0.4 is 0 Å². The zero-order chi connectivity index (χ0) is 15.5. The van der Waals surface area contributed by atoms with Crippen LogP contribution in [0.4, 0.5) is 0 Å². The van der Waals surface area contributed by atoms with E-state index in [-0.39, 0.29) is 11.3 Å². The van der Waals surface area contributed by atoms with Crippen molar-refractivity contribution >= 4 is 6.29 Å². The number of rotatable bonds is 4. The van der Waals surface area contributed by atoms with Crippen molar-refractivity contribution in [3.8, 4) is 11.1 Å². The zero-order valence-electron chi connectivity index (χ0n) is 13.4. The molecule has 0 aliphatic carbocycles. The fraction of sp³-hybridized carbons (Fsp3) is 0.350. The highest BCUT2D eigenvalue weighted by Crippen LogP contribution is 2.26. The Labute approximate surface area is 128 Å². The first kappa shape index (κ1) is 15.5. The van der Waals surface area contributed by atoms with Crippen LogP contribution in [0.5, 0.6) is 0 Å². The van der Waals surface area contributed by atoms with E-state index in [1.165, 1.54) is 22.3 Å². The molecule has 1 atom stereocenters. The van der Waals surface area contributed by atoms with E-state index in [4.69, 9.17) is 0 Å². The lowest BCUT2D eigenvalue weighted by atomic mass is 9.86. The monoisotopic (exact) mass is 280 g/mol. The molecular weight excluding hydrogens is 256 g/mol. The van der Waals surface area contributed by atoms with Crippen LogP contribution in [0.2, 0.25) is 0 Å². The van der Waals surface area contributed by atoms with Gasteiger partial charge >= 0.3 is 0 Å². The predicted octanol–water partition coefficient (Wildman–Crippen LogP) is 5.03. The van der Waals surface area contributed by atoms with E-state index in [9.17, 15) is 4.79 Å². The van der Waals surface area contributed by atoms with Gasteiger partial charge in [0.2, 0.25) is 0 Å². The Morgan fingerprint density at radius 2 is 1.38 bits per heavy atom. The summed E-state index contributed by atoms with van der Waals surface area (Å²) in [6.07, 6.45) is 1.83. The molecular formula is C20H24O. The summed E-state index contributed by atoms with van der Waals surface area (Å²) in [5, 5.41) is 0. The quantitative estimate of drug-likeness (QED) is 0.718. The largest absolute Gasteiger partial charge is 0.303 e. The summed E-state index contributed by atoms with van der Waals surface area (Å²) in [6.45, 7) is 8.63. The molecule has 2 aromatic carbocycles. The van der Waals surface area contributed by atoms with E-state index in [0.717, 1.165) is 12.7 Å². The van der Waals surface area contributed by atoms with E-state index < -0.39 is 0 Å². The van der Waals surface area contributed by atoms with Crippen molar-refractivity contribution in [1.29, 1.82) is 0 Å². The van der Waals surface area contributed by atoms with Crippen LogP contribution in [-0.4, -0.2) is 6.29 Å². The molecule has 2 rings (SSSR count). The van der Waals surface area contributed by atoms with Crippen LogP contribution in [-0.2, 0) is 16.6 Å². The summed E-state index contributed by atoms with van der Waals surface area (Å²) in [4.78, 5) is 10.7. The van der Waals surface area contributed by atoms with Gasteiger partial charge in [0.05, 0.1) is 0 Å². The molecule has 0 bridgehead atoms. The maximum atomic E-state index is 10.7. The van der Waals surface area contributed by atoms with Gasteiger partial charge in [-0.2, -0.15) is 0 Å². The van der Waals surface area contributed by atoms with Crippen LogP contribution in [0.3, 0.4) is 0 Å². The lowest BCUT2D eigenvalue weighted by molar-refractivity contribution is -0.110. The molecule has 0 aromatic heterocycles. The summed E-state index contributed by atoms with van der Waals surface area (Å²) >= 11 is 0. The summed E-state index contributed by atoms with van der Waals surface area (Å²) < 4.78 is 0. The van der Waals surface area contributed by atoms with Gasteiger partial charge in [-0.15, -0.1) is 0 Å².